The standard InChI is InChI=1S/C19H24N2O2/c1-4-19(20-22)17-7-5-15(6-8-17)16-9-11-18(12-10-16)23-14-13-21(2)3/h5-12,22H,4,13-14H2,1-3H3/b20-19+. The van der Waals surface area contributed by atoms with E-state index < -0.39 is 0 Å². The number of likely N-dealkylation sites (N-methyl/N-ethyl adjacent to an activating group) is 1. The lowest BCUT2D eigenvalue weighted by Crippen LogP contribution is -2.19. The predicted octanol–water partition coefficient (Wildman–Crippen LogP) is 3.88. The Bertz CT molecular complexity index is 631. The molecule has 0 aliphatic carbocycles. The number of rotatable bonds is 7. The van der Waals surface area contributed by atoms with Gasteiger partial charge in [0.1, 0.15) is 12.4 Å². The molecule has 0 saturated heterocycles. The summed E-state index contributed by atoms with van der Waals surface area (Å²) in [6.07, 6.45) is 0.703. The van der Waals surface area contributed by atoms with Gasteiger partial charge in [0.15, 0.2) is 0 Å². The van der Waals surface area contributed by atoms with Crippen LogP contribution in [0.25, 0.3) is 11.1 Å². The van der Waals surface area contributed by atoms with Crippen molar-refractivity contribution in [3.8, 4) is 16.9 Å². The average molecular weight is 312 g/mol. The van der Waals surface area contributed by atoms with E-state index in [9.17, 15) is 0 Å². The molecule has 1 N–H and O–H groups in total. The van der Waals surface area contributed by atoms with Crippen LogP contribution in [0.4, 0.5) is 0 Å². The molecule has 0 fully saturated rings. The van der Waals surface area contributed by atoms with Gasteiger partial charge in [-0.2, -0.15) is 0 Å². The second-order valence-corrected chi connectivity index (χ2v) is 5.65. The Morgan fingerprint density at radius 1 is 1.00 bits per heavy atom. The van der Waals surface area contributed by atoms with Gasteiger partial charge in [-0.1, -0.05) is 48.5 Å². The van der Waals surface area contributed by atoms with Crippen LogP contribution in [-0.2, 0) is 0 Å². The lowest BCUT2D eigenvalue weighted by atomic mass is 10.0. The summed E-state index contributed by atoms with van der Waals surface area (Å²) in [4.78, 5) is 2.09. The van der Waals surface area contributed by atoms with Crippen molar-refractivity contribution in [2.45, 2.75) is 13.3 Å². The van der Waals surface area contributed by atoms with E-state index in [1.54, 1.807) is 0 Å². The molecule has 0 aliphatic rings. The van der Waals surface area contributed by atoms with E-state index in [-0.39, 0.29) is 0 Å². The molecule has 122 valence electrons. The molecule has 4 heteroatoms. The highest BCUT2D eigenvalue weighted by Gasteiger charge is 2.03. The van der Waals surface area contributed by atoms with Crippen molar-refractivity contribution < 1.29 is 9.94 Å². The van der Waals surface area contributed by atoms with E-state index in [1.807, 2.05) is 57.4 Å². The molecule has 0 aromatic heterocycles. The van der Waals surface area contributed by atoms with Crippen molar-refractivity contribution in [1.29, 1.82) is 0 Å². The zero-order valence-electron chi connectivity index (χ0n) is 14.0. The van der Waals surface area contributed by atoms with Gasteiger partial charge >= 0.3 is 0 Å². The van der Waals surface area contributed by atoms with Crippen molar-refractivity contribution in [2.75, 3.05) is 27.2 Å². The maximum absolute atomic E-state index is 8.97. The van der Waals surface area contributed by atoms with E-state index in [0.717, 1.165) is 29.0 Å². The summed E-state index contributed by atoms with van der Waals surface area (Å²) in [7, 11) is 4.06. The molecule has 2 aromatic carbocycles. The third-order valence-electron chi connectivity index (χ3n) is 3.67. The van der Waals surface area contributed by atoms with Gasteiger partial charge in [0, 0.05) is 6.54 Å². The first-order valence-electron chi connectivity index (χ1n) is 7.83. The van der Waals surface area contributed by atoms with E-state index in [4.69, 9.17) is 9.94 Å². The van der Waals surface area contributed by atoms with Crippen molar-refractivity contribution in [1.82, 2.24) is 4.90 Å². The molecule has 2 aromatic rings. The minimum atomic E-state index is 0.682. The Kier molecular flexibility index (Phi) is 6.18. The minimum Gasteiger partial charge on any atom is -0.492 e. The summed E-state index contributed by atoms with van der Waals surface area (Å²) in [5, 5.41) is 12.3. The topological polar surface area (TPSA) is 45.1 Å². The second kappa shape index (κ2) is 8.34. The Morgan fingerprint density at radius 3 is 2.04 bits per heavy atom. The van der Waals surface area contributed by atoms with E-state index in [1.165, 1.54) is 0 Å². The quantitative estimate of drug-likeness (QED) is 0.479. The highest BCUT2D eigenvalue weighted by molar-refractivity contribution is 6.00. The zero-order valence-corrected chi connectivity index (χ0v) is 14.0. The summed E-state index contributed by atoms with van der Waals surface area (Å²) in [6.45, 7) is 3.55. The molecule has 0 heterocycles. The van der Waals surface area contributed by atoms with E-state index in [2.05, 4.69) is 22.2 Å². The summed E-state index contributed by atoms with van der Waals surface area (Å²) in [5.41, 5.74) is 3.90. The van der Waals surface area contributed by atoms with Gasteiger partial charge in [-0.3, -0.25) is 0 Å². The van der Waals surface area contributed by atoms with Gasteiger partial charge < -0.3 is 14.8 Å². The summed E-state index contributed by atoms with van der Waals surface area (Å²) in [6, 6.07) is 16.1. The normalized spacial score (nSPS) is 11.7. The maximum atomic E-state index is 8.97. The van der Waals surface area contributed by atoms with Crippen LogP contribution in [0.2, 0.25) is 0 Å². The van der Waals surface area contributed by atoms with Crippen LogP contribution in [-0.4, -0.2) is 43.1 Å². The van der Waals surface area contributed by atoms with Gasteiger partial charge in [0.05, 0.1) is 5.71 Å². The number of benzene rings is 2. The molecule has 0 radical (unpaired) electrons. The lowest BCUT2D eigenvalue weighted by molar-refractivity contribution is 0.261. The molecule has 0 saturated carbocycles. The largest absolute Gasteiger partial charge is 0.492 e. The Morgan fingerprint density at radius 2 is 1.57 bits per heavy atom. The Balaban J connectivity index is 2.04. The number of nitrogens with zero attached hydrogens (tertiary/aromatic N) is 2. The average Bonchev–Trinajstić information content (AvgIpc) is 2.57. The van der Waals surface area contributed by atoms with Crippen LogP contribution in [0, 0.1) is 0 Å². The summed E-state index contributed by atoms with van der Waals surface area (Å²) >= 11 is 0. The minimum absolute atomic E-state index is 0.682. The Labute approximate surface area is 138 Å². The van der Waals surface area contributed by atoms with Crippen molar-refractivity contribution in [2.24, 2.45) is 5.16 Å². The molecule has 0 aliphatic heterocycles. The van der Waals surface area contributed by atoms with Gasteiger partial charge in [-0.25, -0.2) is 0 Å². The van der Waals surface area contributed by atoms with Crippen LogP contribution >= 0.6 is 0 Å². The van der Waals surface area contributed by atoms with Crippen molar-refractivity contribution >= 4 is 5.71 Å². The first-order chi connectivity index (χ1) is 11.1. The van der Waals surface area contributed by atoms with Crippen LogP contribution < -0.4 is 4.74 Å². The first kappa shape index (κ1) is 17.0. The number of hydrogen-bond donors (Lipinski definition) is 1. The van der Waals surface area contributed by atoms with Crippen LogP contribution in [0.1, 0.15) is 18.9 Å². The number of oxime groups is 1. The molecule has 0 spiro atoms. The van der Waals surface area contributed by atoms with Gasteiger partial charge in [0.2, 0.25) is 0 Å². The van der Waals surface area contributed by atoms with Gasteiger partial charge in [0.25, 0.3) is 0 Å². The molecule has 4 nitrogen and oxygen atoms in total. The van der Waals surface area contributed by atoms with Crippen molar-refractivity contribution in [3.05, 3.63) is 54.1 Å². The molecule has 2 rings (SSSR count). The van der Waals surface area contributed by atoms with Crippen LogP contribution in [0.5, 0.6) is 5.75 Å². The Hall–Kier alpha value is -2.33. The fraction of sp³-hybridized carbons (Fsp3) is 0.316. The summed E-state index contributed by atoms with van der Waals surface area (Å²) < 4.78 is 5.70. The van der Waals surface area contributed by atoms with Crippen molar-refractivity contribution in [3.63, 3.8) is 0 Å². The smallest absolute Gasteiger partial charge is 0.119 e. The molecule has 0 unspecified atom stereocenters. The lowest BCUT2D eigenvalue weighted by Gasteiger charge is -2.11. The fourth-order valence-electron chi connectivity index (χ4n) is 2.28. The monoisotopic (exact) mass is 312 g/mol. The third kappa shape index (κ3) is 4.83. The number of ether oxygens (including phenoxy) is 1. The highest BCUT2D eigenvalue weighted by atomic mass is 16.5. The molecular weight excluding hydrogens is 288 g/mol. The molecule has 0 bridgehead atoms. The van der Waals surface area contributed by atoms with E-state index >= 15 is 0 Å². The van der Waals surface area contributed by atoms with Crippen LogP contribution in [0.15, 0.2) is 53.7 Å². The van der Waals surface area contributed by atoms with Crippen LogP contribution in [0.3, 0.4) is 0 Å². The SMILES string of the molecule is CC/C(=N\O)c1ccc(-c2ccc(OCCN(C)C)cc2)cc1. The molecular formula is C19H24N2O2. The summed E-state index contributed by atoms with van der Waals surface area (Å²) in [5.74, 6) is 0.882. The highest BCUT2D eigenvalue weighted by Crippen LogP contribution is 2.23. The maximum Gasteiger partial charge on any atom is 0.119 e. The predicted molar refractivity (Wildman–Crippen MR) is 94.5 cm³/mol. The third-order valence-corrected chi connectivity index (χ3v) is 3.67. The molecule has 23 heavy (non-hydrogen) atoms. The zero-order chi connectivity index (χ0) is 16.7. The second-order valence-electron chi connectivity index (χ2n) is 5.65. The van der Waals surface area contributed by atoms with E-state index in [0.29, 0.717) is 18.7 Å². The molecule has 0 atom stereocenters. The fourth-order valence-corrected chi connectivity index (χ4v) is 2.28. The van der Waals surface area contributed by atoms with Gasteiger partial charge in [-0.05, 0) is 49.3 Å². The number of hydrogen-bond acceptors (Lipinski definition) is 4. The molecule has 0 amide bonds. The van der Waals surface area contributed by atoms with Gasteiger partial charge in [-0.15, -0.1) is 0 Å². The first-order valence-corrected chi connectivity index (χ1v) is 7.83.